The minimum absolute atomic E-state index is 0.0492. The fraction of sp³-hybridized carbons (Fsp3) is 0.571. The first-order valence-corrected chi connectivity index (χ1v) is 8.78. The zero-order chi connectivity index (χ0) is 15.0. The molecule has 0 aliphatic heterocycles. The minimum atomic E-state index is -2.99. The highest BCUT2D eigenvalue weighted by Gasteiger charge is 2.06. The molecule has 0 bridgehead atoms. The Hall–Kier alpha value is -1.14. The van der Waals surface area contributed by atoms with Crippen molar-refractivity contribution in [2.45, 2.75) is 26.3 Å². The van der Waals surface area contributed by atoms with Gasteiger partial charge in [-0.2, -0.15) is 0 Å². The Bertz CT molecular complexity index is 517. The molecule has 1 rings (SSSR count). The third kappa shape index (κ3) is 6.86. The molecule has 0 aliphatic rings. The normalized spacial score (nSPS) is 11.6. The molecule has 1 aromatic rings. The maximum atomic E-state index is 13.7. The molecule has 0 atom stereocenters. The van der Waals surface area contributed by atoms with Crippen LogP contribution in [0.25, 0.3) is 0 Å². The Morgan fingerprint density at radius 3 is 2.70 bits per heavy atom. The van der Waals surface area contributed by atoms with Gasteiger partial charge in [0.25, 0.3) is 0 Å². The summed E-state index contributed by atoms with van der Waals surface area (Å²) in [6, 6.07) is 4.82. The van der Waals surface area contributed by atoms with Gasteiger partial charge in [0.05, 0.1) is 12.4 Å². The van der Waals surface area contributed by atoms with Crippen LogP contribution < -0.4 is 10.1 Å². The lowest BCUT2D eigenvalue weighted by atomic mass is 10.2. The maximum Gasteiger partial charge on any atom is 0.165 e. The first kappa shape index (κ1) is 16.9. The summed E-state index contributed by atoms with van der Waals surface area (Å²) in [6.45, 7) is 3.78. The summed E-state index contributed by atoms with van der Waals surface area (Å²) in [5.41, 5.74) is 0.861. The molecule has 0 amide bonds. The summed E-state index contributed by atoms with van der Waals surface area (Å²) in [5.74, 6) is -0.203. The van der Waals surface area contributed by atoms with Gasteiger partial charge in [0.15, 0.2) is 11.6 Å². The van der Waals surface area contributed by atoms with Crippen LogP contribution in [0.1, 0.15) is 25.3 Å². The summed E-state index contributed by atoms with van der Waals surface area (Å²) in [7, 11) is -2.99. The summed E-state index contributed by atoms with van der Waals surface area (Å²) in [4.78, 5) is 0. The second kappa shape index (κ2) is 8.21. The number of nitrogens with one attached hydrogen (secondary N) is 1. The van der Waals surface area contributed by atoms with Crippen molar-refractivity contribution < 1.29 is 17.5 Å². The third-order valence-corrected chi connectivity index (χ3v) is 3.70. The highest BCUT2D eigenvalue weighted by Crippen LogP contribution is 2.18. The summed E-state index contributed by atoms with van der Waals surface area (Å²) >= 11 is 0. The number of sulfone groups is 1. The molecular formula is C14H22FNO3S. The van der Waals surface area contributed by atoms with Gasteiger partial charge < -0.3 is 10.1 Å². The molecule has 0 spiro atoms. The zero-order valence-electron chi connectivity index (χ0n) is 12.0. The first-order valence-electron chi connectivity index (χ1n) is 6.72. The third-order valence-electron chi connectivity index (χ3n) is 2.67. The number of benzene rings is 1. The molecule has 0 fully saturated rings. The largest absolute Gasteiger partial charge is 0.490 e. The summed E-state index contributed by atoms with van der Waals surface area (Å²) in [5, 5.41) is 3.19. The molecule has 0 unspecified atom stereocenters. The Morgan fingerprint density at radius 2 is 2.10 bits per heavy atom. The van der Waals surface area contributed by atoms with E-state index in [9.17, 15) is 12.8 Å². The van der Waals surface area contributed by atoms with E-state index in [0.717, 1.165) is 18.5 Å². The van der Waals surface area contributed by atoms with Gasteiger partial charge in [-0.15, -0.1) is 0 Å². The molecule has 1 aromatic carbocycles. The van der Waals surface area contributed by atoms with Crippen LogP contribution in [-0.2, 0) is 16.4 Å². The van der Waals surface area contributed by atoms with Crippen molar-refractivity contribution in [1.82, 2.24) is 5.32 Å². The lowest BCUT2D eigenvalue weighted by Gasteiger charge is -2.09. The molecule has 0 aromatic heterocycles. The standard InChI is InChI=1S/C14H22FNO3S/c1-3-7-16-11-12-5-6-14(13(15)10-12)19-8-4-9-20(2,17)18/h5-6,10,16H,3-4,7-9,11H2,1-2H3. The summed E-state index contributed by atoms with van der Waals surface area (Å²) < 4.78 is 40.9. The molecule has 0 aliphatic carbocycles. The quantitative estimate of drug-likeness (QED) is 0.710. The molecule has 20 heavy (non-hydrogen) atoms. The predicted molar refractivity (Wildman–Crippen MR) is 78.2 cm³/mol. The molecule has 0 saturated carbocycles. The van der Waals surface area contributed by atoms with Crippen molar-refractivity contribution in [2.24, 2.45) is 0 Å². The number of rotatable bonds is 9. The highest BCUT2D eigenvalue weighted by molar-refractivity contribution is 7.90. The van der Waals surface area contributed by atoms with Crippen LogP contribution in [0.5, 0.6) is 5.75 Å². The lowest BCUT2D eigenvalue weighted by Crippen LogP contribution is -2.14. The van der Waals surface area contributed by atoms with E-state index in [1.807, 2.05) is 0 Å². The molecule has 114 valence electrons. The van der Waals surface area contributed by atoms with Crippen molar-refractivity contribution in [2.75, 3.05) is 25.2 Å². The van der Waals surface area contributed by atoms with E-state index in [2.05, 4.69) is 12.2 Å². The number of halogens is 1. The fourth-order valence-electron chi connectivity index (χ4n) is 1.68. The number of hydrogen-bond acceptors (Lipinski definition) is 4. The average molecular weight is 303 g/mol. The average Bonchev–Trinajstić information content (AvgIpc) is 2.36. The van der Waals surface area contributed by atoms with E-state index in [0.29, 0.717) is 13.0 Å². The monoisotopic (exact) mass is 303 g/mol. The van der Waals surface area contributed by atoms with Crippen LogP contribution in [0.3, 0.4) is 0 Å². The predicted octanol–water partition coefficient (Wildman–Crippen LogP) is 2.14. The van der Waals surface area contributed by atoms with Crippen molar-refractivity contribution >= 4 is 9.84 Å². The van der Waals surface area contributed by atoms with E-state index in [1.165, 1.54) is 12.3 Å². The van der Waals surface area contributed by atoms with Gasteiger partial charge in [0.2, 0.25) is 0 Å². The van der Waals surface area contributed by atoms with Crippen LogP contribution in [-0.4, -0.2) is 33.6 Å². The van der Waals surface area contributed by atoms with E-state index >= 15 is 0 Å². The molecule has 4 nitrogen and oxygen atoms in total. The van der Waals surface area contributed by atoms with Crippen molar-refractivity contribution in [3.8, 4) is 5.75 Å². The van der Waals surface area contributed by atoms with Crippen LogP contribution in [0.2, 0.25) is 0 Å². The highest BCUT2D eigenvalue weighted by atomic mass is 32.2. The molecule has 1 N–H and O–H groups in total. The number of hydrogen-bond donors (Lipinski definition) is 1. The van der Waals surface area contributed by atoms with Crippen molar-refractivity contribution in [3.05, 3.63) is 29.6 Å². The van der Waals surface area contributed by atoms with Gasteiger partial charge in [0, 0.05) is 12.8 Å². The molecule has 6 heteroatoms. The van der Waals surface area contributed by atoms with E-state index in [4.69, 9.17) is 4.74 Å². The van der Waals surface area contributed by atoms with Gasteiger partial charge in [-0.25, -0.2) is 12.8 Å². The van der Waals surface area contributed by atoms with Gasteiger partial charge in [-0.3, -0.25) is 0 Å². The van der Waals surface area contributed by atoms with Crippen LogP contribution in [0.15, 0.2) is 18.2 Å². The van der Waals surface area contributed by atoms with Gasteiger partial charge in [-0.1, -0.05) is 13.0 Å². The van der Waals surface area contributed by atoms with Crippen molar-refractivity contribution in [1.29, 1.82) is 0 Å². The van der Waals surface area contributed by atoms with E-state index in [-0.39, 0.29) is 18.1 Å². The first-order chi connectivity index (χ1) is 9.42. The van der Waals surface area contributed by atoms with Gasteiger partial charge >= 0.3 is 0 Å². The Balaban J connectivity index is 2.43. The zero-order valence-corrected chi connectivity index (χ0v) is 12.8. The van der Waals surface area contributed by atoms with E-state index in [1.54, 1.807) is 12.1 Å². The van der Waals surface area contributed by atoms with Crippen LogP contribution >= 0.6 is 0 Å². The summed E-state index contributed by atoms with van der Waals surface area (Å²) in [6.07, 6.45) is 2.56. The van der Waals surface area contributed by atoms with Crippen LogP contribution in [0.4, 0.5) is 4.39 Å². The van der Waals surface area contributed by atoms with Crippen molar-refractivity contribution in [3.63, 3.8) is 0 Å². The Labute approximate surface area is 120 Å². The smallest absolute Gasteiger partial charge is 0.165 e. The molecule has 0 radical (unpaired) electrons. The van der Waals surface area contributed by atoms with Gasteiger partial charge in [0.1, 0.15) is 9.84 Å². The molecular weight excluding hydrogens is 281 g/mol. The second-order valence-corrected chi connectivity index (χ2v) is 7.03. The topological polar surface area (TPSA) is 55.4 Å². The minimum Gasteiger partial charge on any atom is -0.490 e. The molecule has 0 heterocycles. The van der Waals surface area contributed by atoms with E-state index < -0.39 is 15.7 Å². The second-order valence-electron chi connectivity index (χ2n) is 4.77. The van der Waals surface area contributed by atoms with Crippen LogP contribution in [0, 0.1) is 5.82 Å². The maximum absolute atomic E-state index is 13.7. The fourth-order valence-corrected chi connectivity index (χ4v) is 2.33. The Morgan fingerprint density at radius 1 is 1.35 bits per heavy atom. The molecule has 0 saturated heterocycles. The SMILES string of the molecule is CCCNCc1ccc(OCCCS(C)(=O)=O)c(F)c1. The van der Waals surface area contributed by atoms with Gasteiger partial charge in [-0.05, 0) is 37.1 Å². The lowest BCUT2D eigenvalue weighted by molar-refractivity contribution is 0.301. The Kier molecular flexibility index (Phi) is 6.95. The number of ether oxygens (including phenoxy) is 1.